The number of rotatable bonds is 10. The number of hydrogen-bond donors (Lipinski definition) is 3. The molecular formula is C25H36N6O5S. The molecule has 1 saturated heterocycles. The number of nitrogens with one attached hydrogen (secondary N) is 2. The number of aliphatic hydroxyl groups is 1. The number of carbonyl (C=O) groups excluding carboxylic acids is 2. The van der Waals surface area contributed by atoms with Gasteiger partial charge in [0.25, 0.3) is 0 Å². The molecule has 37 heavy (non-hydrogen) atoms. The minimum Gasteiger partial charge on any atom is -0.391 e. The Hall–Kier alpha value is -2.83. The Morgan fingerprint density at radius 2 is 1.89 bits per heavy atom. The summed E-state index contributed by atoms with van der Waals surface area (Å²) in [4.78, 5) is 28.1. The van der Waals surface area contributed by atoms with Crippen molar-refractivity contribution in [3.8, 4) is 0 Å². The van der Waals surface area contributed by atoms with E-state index in [0.29, 0.717) is 5.92 Å². The van der Waals surface area contributed by atoms with E-state index in [1.807, 2.05) is 51.1 Å². The zero-order valence-corrected chi connectivity index (χ0v) is 22.3. The first-order valence-corrected chi connectivity index (χ1v) is 14.3. The van der Waals surface area contributed by atoms with Crippen LogP contribution in [-0.4, -0.2) is 76.2 Å². The number of hydrogen-bond acceptors (Lipinski definition) is 7. The summed E-state index contributed by atoms with van der Waals surface area (Å²) in [6.07, 6.45) is 3.16. The molecule has 1 aromatic heterocycles. The summed E-state index contributed by atoms with van der Waals surface area (Å²) in [5.41, 5.74) is 1.16. The van der Waals surface area contributed by atoms with Crippen LogP contribution < -0.4 is 10.0 Å². The van der Waals surface area contributed by atoms with Crippen LogP contribution in [0.3, 0.4) is 0 Å². The van der Waals surface area contributed by atoms with Gasteiger partial charge in [-0.2, -0.15) is 0 Å². The van der Waals surface area contributed by atoms with Crippen LogP contribution in [0.4, 0.5) is 0 Å². The van der Waals surface area contributed by atoms with E-state index in [9.17, 15) is 23.1 Å². The molecule has 3 atom stereocenters. The molecule has 1 saturated carbocycles. The maximum Gasteiger partial charge on any atom is 0.248 e. The minimum absolute atomic E-state index is 0.0185. The predicted molar refractivity (Wildman–Crippen MR) is 137 cm³/mol. The second-order valence-electron chi connectivity index (χ2n) is 11.0. The molecule has 12 heteroatoms. The van der Waals surface area contributed by atoms with E-state index in [-0.39, 0.29) is 37.7 Å². The number of β-amino-alcohol motifs (C(OH)–C–C–N with tert-alkyl or cyclic N) is 1. The van der Waals surface area contributed by atoms with E-state index in [1.54, 1.807) is 10.9 Å². The van der Waals surface area contributed by atoms with Crippen LogP contribution in [0.15, 0.2) is 36.5 Å². The fourth-order valence-corrected chi connectivity index (χ4v) is 5.52. The van der Waals surface area contributed by atoms with Crippen LogP contribution in [0.25, 0.3) is 0 Å². The van der Waals surface area contributed by atoms with E-state index in [2.05, 4.69) is 20.4 Å². The Labute approximate surface area is 217 Å². The Bertz CT molecular complexity index is 1210. The second kappa shape index (κ2) is 10.9. The van der Waals surface area contributed by atoms with Crippen LogP contribution in [-0.2, 0) is 26.2 Å². The number of amides is 2. The molecule has 3 N–H and O–H groups in total. The highest BCUT2D eigenvalue weighted by Crippen LogP contribution is 2.40. The molecule has 1 aliphatic carbocycles. The first kappa shape index (κ1) is 27.2. The third-order valence-corrected chi connectivity index (χ3v) is 8.04. The lowest BCUT2D eigenvalue weighted by atomic mass is 9.85. The molecular weight excluding hydrogens is 496 g/mol. The molecule has 2 fully saturated rings. The zero-order chi connectivity index (χ0) is 26.8. The largest absolute Gasteiger partial charge is 0.391 e. The zero-order valence-electron chi connectivity index (χ0n) is 21.5. The van der Waals surface area contributed by atoms with E-state index >= 15 is 0 Å². The van der Waals surface area contributed by atoms with Crippen molar-refractivity contribution < 1.29 is 23.1 Å². The molecule has 2 aliphatic rings. The molecule has 2 aromatic rings. The van der Waals surface area contributed by atoms with Gasteiger partial charge in [0.1, 0.15) is 12.1 Å². The van der Waals surface area contributed by atoms with Crippen molar-refractivity contribution in [3.05, 3.63) is 47.8 Å². The molecule has 202 valence electrons. The highest BCUT2D eigenvalue weighted by molar-refractivity contribution is 7.89. The van der Waals surface area contributed by atoms with Crippen LogP contribution in [0, 0.1) is 5.41 Å². The first-order chi connectivity index (χ1) is 17.4. The van der Waals surface area contributed by atoms with Gasteiger partial charge in [0.05, 0.1) is 17.6 Å². The SMILES string of the molecule is CC(C)(C)[C@@H](C(=O)N1C[C@H](O)CC1C(=O)NCCS(=O)(=O)NCc1ccccc1)n1cc(C2CC2)nn1. The highest BCUT2D eigenvalue weighted by atomic mass is 32.2. The first-order valence-electron chi connectivity index (χ1n) is 12.6. The van der Waals surface area contributed by atoms with Crippen molar-refractivity contribution in [3.63, 3.8) is 0 Å². The van der Waals surface area contributed by atoms with Gasteiger partial charge in [0.2, 0.25) is 21.8 Å². The Balaban J connectivity index is 1.38. The van der Waals surface area contributed by atoms with Gasteiger partial charge < -0.3 is 15.3 Å². The fraction of sp³-hybridized carbons (Fsp3) is 0.600. The monoisotopic (exact) mass is 532 g/mol. The van der Waals surface area contributed by atoms with Crippen molar-refractivity contribution in [1.82, 2.24) is 29.9 Å². The van der Waals surface area contributed by atoms with Gasteiger partial charge in [-0.3, -0.25) is 9.59 Å². The number of benzene rings is 1. The lowest BCUT2D eigenvalue weighted by Gasteiger charge is -2.34. The van der Waals surface area contributed by atoms with Crippen molar-refractivity contribution in [2.24, 2.45) is 5.41 Å². The van der Waals surface area contributed by atoms with Gasteiger partial charge in [-0.05, 0) is 23.8 Å². The molecule has 1 aromatic carbocycles. The summed E-state index contributed by atoms with van der Waals surface area (Å²) < 4.78 is 28.8. The molecule has 0 spiro atoms. The van der Waals surface area contributed by atoms with Crippen molar-refractivity contribution >= 4 is 21.8 Å². The fourth-order valence-electron chi connectivity index (χ4n) is 4.61. The standard InChI is InChI=1S/C25H36N6O5S/c1-25(2,3)22(31-16-20(28-29-31)18-9-10-18)24(34)30-15-19(32)13-21(30)23(33)26-11-12-37(35,36)27-14-17-7-5-4-6-8-17/h4-8,16,18-19,21-22,27,32H,9-15H2,1-3H3,(H,26,33)/t19-,21?,22-/m1/s1. The maximum atomic E-state index is 13.7. The molecule has 2 heterocycles. The van der Waals surface area contributed by atoms with Gasteiger partial charge in [0, 0.05) is 38.2 Å². The smallest absolute Gasteiger partial charge is 0.248 e. The third kappa shape index (κ3) is 6.93. The lowest BCUT2D eigenvalue weighted by Crippen LogP contribution is -2.51. The van der Waals surface area contributed by atoms with Crippen molar-refractivity contribution in [1.29, 1.82) is 0 Å². The average Bonchev–Trinajstić information content (AvgIpc) is 3.44. The summed E-state index contributed by atoms with van der Waals surface area (Å²) in [6.45, 7) is 5.82. The molecule has 0 bridgehead atoms. The predicted octanol–water partition coefficient (Wildman–Crippen LogP) is 0.940. The summed E-state index contributed by atoms with van der Waals surface area (Å²) >= 11 is 0. The molecule has 11 nitrogen and oxygen atoms in total. The van der Waals surface area contributed by atoms with E-state index in [0.717, 1.165) is 24.1 Å². The van der Waals surface area contributed by atoms with Gasteiger partial charge in [-0.15, -0.1) is 5.10 Å². The second-order valence-corrected chi connectivity index (χ2v) is 12.9. The number of sulfonamides is 1. The molecule has 4 rings (SSSR count). The number of likely N-dealkylation sites (tertiary alicyclic amines) is 1. The van der Waals surface area contributed by atoms with Gasteiger partial charge >= 0.3 is 0 Å². The summed E-state index contributed by atoms with van der Waals surface area (Å²) in [7, 11) is -3.62. The highest BCUT2D eigenvalue weighted by Gasteiger charge is 2.45. The summed E-state index contributed by atoms with van der Waals surface area (Å²) in [5, 5.41) is 21.4. The van der Waals surface area contributed by atoms with Crippen molar-refractivity contribution in [2.45, 2.75) is 70.7 Å². The van der Waals surface area contributed by atoms with Gasteiger partial charge in [-0.25, -0.2) is 17.8 Å². The third-order valence-electron chi connectivity index (χ3n) is 6.72. The van der Waals surface area contributed by atoms with Crippen LogP contribution >= 0.6 is 0 Å². The number of nitrogens with zero attached hydrogens (tertiary/aromatic N) is 4. The maximum absolute atomic E-state index is 13.7. The molecule has 1 aliphatic heterocycles. The Kier molecular flexibility index (Phi) is 8.00. The number of carbonyl (C=O) groups is 2. The summed E-state index contributed by atoms with van der Waals surface area (Å²) in [6, 6.07) is 7.52. The molecule has 2 amide bonds. The quantitative estimate of drug-likeness (QED) is 0.413. The number of aromatic nitrogens is 3. The average molecular weight is 533 g/mol. The molecule has 0 radical (unpaired) electrons. The van der Waals surface area contributed by atoms with Crippen LogP contribution in [0.5, 0.6) is 0 Å². The Morgan fingerprint density at radius 1 is 1.19 bits per heavy atom. The Morgan fingerprint density at radius 3 is 2.54 bits per heavy atom. The summed E-state index contributed by atoms with van der Waals surface area (Å²) in [5.74, 6) is -0.737. The van der Waals surface area contributed by atoms with Crippen molar-refractivity contribution in [2.75, 3.05) is 18.8 Å². The topological polar surface area (TPSA) is 147 Å². The van der Waals surface area contributed by atoms with Gasteiger partial charge in [-0.1, -0.05) is 56.3 Å². The lowest BCUT2D eigenvalue weighted by molar-refractivity contribution is -0.144. The van der Waals surface area contributed by atoms with E-state index in [1.165, 1.54) is 4.90 Å². The van der Waals surface area contributed by atoms with Crippen LogP contribution in [0.1, 0.15) is 63.3 Å². The van der Waals surface area contributed by atoms with E-state index < -0.39 is 39.5 Å². The van der Waals surface area contributed by atoms with Crippen LogP contribution in [0.2, 0.25) is 0 Å². The normalized spacial score (nSPS) is 21.1. The minimum atomic E-state index is -3.62. The number of aliphatic hydroxyl groups excluding tert-OH is 1. The van der Waals surface area contributed by atoms with Gasteiger partial charge in [0.15, 0.2) is 0 Å². The molecule has 1 unspecified atom stereocenters. The van der Waals surface area contributed by atoms with E-state index in [4.69, 9.17) is 0 Å².